The van der Waals surface area contributed by atoms with Crippen LogP contribution in [0, 0.1) is 17.6 Å². The number of rotatable bonds is 6. The van der Waals surface area contributed by atoms with E-state index in [-0.39, 0.29) is 17.6 Å². The summed E-state index contributed by atoms with van der Waals surface area (Å²) in [6, 6.07) is 12.5. The molecule has 2 aromatic rings. The number of anilines is 1. The lowest BCUT2D eigenvalue weighted by molar-refractivity contribution is -0.118. The van der Waals surface area contributed by atoms with E-state index in [9.17, 15) is 13.6 Å². The summed E-state index contributed by atoms with van der Waals surface area (Å²) in [4.78, 5) is 12.3. The van der Waals surface area contributed by atoms with Crippen LogP contribution in [-0.2, 0) is 4.79 Å². The Morgan fingerprint density at radius 2 is 1.83 bits per heavy atom. The summed E-state index contributed by atoms with van der Waals surface area (Å²) in [5.41, 5.74) is 0.993. The number of halogens is 2. The maximum Gasteiger partial charge on any atom is 0.241 e. The standard InChI is InChI=1S/C19H20F2N2O/c1-12(19(24)23-17-11-15(20)9-10-16(17)21)22-18(14-7-8-14)13-5-3-2-4-6-13/h2-6,9-12,14,18,22H,7-8H2,1H3,(H,23,24)/t12-,18-/m0/s1. The van der Waals surface area contributed by atoms with E-state index < -0.39 is 17.7 Å². The first-order valence-electron chi connectivity index (χ1n) is 8.11. The SMILES string of the molecule is C[C@H](N[C@@H](c1ccccc1)C1CC1)C(=O)Nc1cc(F)ccc1F. The van der Waals surface area contributed by atoms with Crippen LogP contribution in [0.2, 0.25) is 0 Å². The molecule has 1 saturated carbocycles. The van der Waals surface area contributed by atoms with Gasteiger partial charge in [-0.15, -0.1) is 0 Å². The second-order valence-electron chi connectivity index (χ2n) is 6.23. The predicted molar refractivity (Wildman–Crippen MR) is 89.5 cm³/mol. The average molecular weight is 330 g/mol. The van der Waals surface area contributed by atoms with Crippen LogP contribution in [0.1, 0.15) is 31.4 Å². The van der Waals surface area contributed by atoms with E-state index in [1.165, 1.54) is 0 Å². The Morgan fingerprint density at radius 3 is 2.50 bits per heavy atom. The Bertz CT molecular complexity index is 717. The van der Waals surface area contributed by atoms with Gasteiger partial charge in [-0.25, -0.2) is 8.78 Å². The quantitative estimate of drug-likeness (QED) is 0.839. The summed E-state index contributed by atoms with van der Waals surface area (Å²) in [6.07, 6.45) is 2.25. The van der Waals surface area contributed by atoms with Gasteiger partial charge in [-0.05, 0) is 43.4 Å². The van der Waals surface area contributed by atoms with Crippen molar-refractivity contribution >= 4 is 11.6 Å². The van der Waals surface area contributed by atoms with Gasteiger partial charge in [-0.2, -0.15) is 0 Å². The Morgan fingerprint density at radius 1 is 1.12 bits per heavy atom. The Kier molecular flexibility index (Phi) is 4.90. The lowest BCUT2D eigenvalue weighted by Crippen LogP contribution is -2.41. The molecule has 5 heteroatoms. The normalized spacial score (nSPS) is 16.5. The molecule has 24 heavy (non-hydrogen) atoms. The molecule has 0 saturated heterocycles. The zero-order chi connectivity index (χ0) is 17.1. The molecule has 1 amide bonds. The average Bonchev–Trinajstić information content (AvgIpc) is 3.41. The van der Waals surface area contributed by atoms with Crippen LogP contribution in [0.15, 0.2) is 48.5 Å². The van der Waals surface area contributed by atoms with Crippen LogP contribution in [0.25, 0.3) is 0 Å². The zero-order valence-corrected chi connectivity index (χ0v) is 13.4. The fraction of sp³-hybridized carbons (Fsp3) is 0.316. The molecule has 1 aliphatic rings. The molecular formula is C19H20F2N2O. The van der Waals surface area contributed by atoms with Crippen LogP contribution >= 0.6 is 0 Å². The number of amides is 1. The van der Waals surface area contributed by atoms with Crippen molar-refractivity contribution in [2.45, 2.75) is 31.8 Å². The first kappa shape index (κ1) is 16.6. The fourth-order valence-corrected chi connectivity index (χ4v) is 2.77. The summed E-state index contributed by atoms with van der Waals surface area (Å²) in [5, 5.41) is 5.77. The number of carbonyl (C=O) groups is 1. The molecule has 126 valence electrons. The Balaban J connectivity index is 1.67. The third-order valence-corrected chi connectivity index (χ3v) is 4.26. The van der Waals surface area contributed by atoms with Gasteiger partial charge < -0.3 is 5.32 Å². The van der Waals surface area contributed by atoms with Gasteiger partial charge in [0.05, 0.1) is 11.7 Å². The summed E-state index contributed by atoms with van der Waals surface area (Å²) in [5.74, 6) is -1.12. The van der Waals surface area contributed by atoms with Crippen LogP contribution in [0.5, 0.6) is 0 Å². The molecule has 2 atom stereocenters. The van der Waals surface area contributed by atoms with Gasteiger partial charge in [-0.3, -0.25) is 10.1 Å². The van der Waals surface area contributed by atoms with Crippen LogP contribution in [-0.4, -0.2) is 11.9 Å². The van der Waals surface area contributed by atoms with Crippen molar-refractivity contribution < 1.29 is 13.6 Å². The zero-order valence-electron chi connectivity index (χ0n) is 13.4. The van der Waals surface area contributed by atoms with E-state index in [4.69, 9.17) is 0 Å². The molecular weight excluding hydrogens is 310 g/mol. The highest BCUT2D eigenvalue weighted by molar-refractivity contribution is 5.94. The molecule has 0 unspecified atom stereocenters. The van der Waals surface area contributed by atoms with Gasteiger partial charge in [0, 0.05) is 12.1 Å². The Hall–Kier alpha value is -2.27. The molecule has 2 N–H and O–H groups in total. The topological polar surface area (TPSA) is 41.1 Å². The summed E-state index contributed by atoms with van der Waals surface area (Å²) < 4.78 is 26.9. The number of nitrogens with one attached hydrogen (secondary N) is 2. The molecule has 0 aromatic heterocycles. The minimum absolute atomic E-state index is 0.0873. The van der Waals surface area contributed by atoms with Crippen LogP contribution in [0.3, 0.4) is 0 Å². The van der Waals surface area contributed by atoms with Gasteiger partial charge in [0.15, 0.2) is 0 Å². The van der Waals surface area contributed by atoms with Gasteiger partial charge in [0.2, 0.25) is 5.91 Å². The van der Waals surface area contributed by atoms with Crippen LogP contribution < -0.4 is 10.6 Å². The first-order valence-corrected chi connectivity index (χ1v) is 8.11. The first-order chi connectivity index (χ1) is 11.5. The highest BCUT2D eigenvalue weighted by Gasteiger charge is 2.34. The maximum atomic E-state index is 13.7. The van der Waals surface area contributed by atoms with Crippen molar-refractivity contribution in [3.05, 3.63) is 65.7 Å². The van der Waals surface area contributed by atoms with E-state index >= 15 is 0 Å². The summed E-state index contributed by atoms with van der Waals surface area (Å²) >= 11 is 0. The summed E-state index contributed by atoms with van der Waals surface area (Å²) in [7, 11) is 0. The molecule has 0 aliphatic heterocycles. The molecule has 2 aromatic carbocycles. The minimum Gasteiger partial charge on any atom is -0.322 e. The minimum atomic E-state index is -0.654. The van der Waals surface area contributed by atoms with Gasteiger partial charge in [0.25, 0.3) is 0 Å². The van der Waals surface area contributed by atoms with E-state index in [1.54, 1.807) is 6.92 Å². The van der Waals surface area contributed by atoms with Crippen molar-refractivity contribution in [3.8, 4) is 0 Å². The molecule has 1 aliphatic carbocycles. The number of carbonyl (C=O) groups excluding carboxylic acids is 1. The van der Waals surface area contributed by atoms with Crippen LogP contribution in [0.4, 0.5) is 14.5 Å². The second-order valence-corrected chi connectivity index (χ2v) is 6.23. The van der Waals surface area contributed by atoms with Crippen molar-refractivity contribution in [2.24, 2.45) is 5.92 Å². The smallest absolute Gasteiger partial charge is 0.241 e. The Labute approximate surface area is 140 Å². The number of hydrogen-bond acceptors (Lipinski definition) is 2. The fourth-order valence-electron chi connectivity index (χ4n) is 2.77. The number of benzene rings is 2. The largest absolute Gasteiger partial charge is 0.322 e. The highest BCUT2D eigenvalue weighted by Crippen LogP contribution is 2.41. The van der Waals surface area contributed by atoms with Gasteiger partial charge in [-0.1, -0.05) is 30.3 Å². The van der Waals surface area contributed by atoms with Crippen molar-refractivity contribution in [1.82, 2.24) is 5.32 Å². The van der Waals surface area contributed by atoms with Crippen molar-refractivity contribution in [3.63, 3.8) is 0 Å². The van der Waals surface area contributed by atoms with E-state index in [2.05, 4.69) is 10.6 Å². The molecule has 0 heterocycles. The summed E-state index contributed by atoms with van der Waals surface area (Å²) in [6.45, 7) is 1.73. The third kappa shape index (κ3) is 3.97. The lowest BCUT2D eigenvalue weighted by Gasteiger charge is -2.23. The van der Waals surface area contributed by atoms with Gasteiger partial charge >= 0.3 is 0 Å². The van der Waals surface area contributed by atoms with Gasteiger partial charge in [0.1, 0.15) is 11.6 Å². The molecule has 0 bridgehead atoms. The van der Waals surface area contributed by atoms with E-state index in [1.807, 2.05) is 30.3 Å². The van der Waals surface area contributed by atoms with Crippen molar-refractivity contribution in [1.29, 1.82) is 0 Å². The monoisotopic (exact) mass is 330 g/mol. The van der Waals surface area contributed by atoms with E-state index in [0.717, 1.165) is 36.6 Å². The molecule has 0 spiro atoms. The number of hydrogen-bond donors (Lipinski definition) is 2. The van der Waals surface area contributed by atoms with Crippen molar-refractivity contribution in [2.75, 3.05) is 5.32 Å². The molecule has 3 rings (SSSR count). The maximum absolute atomic E-state index is 13.7. The molecule has 1 fully saturated rings. The second kappa shape index (κ2) is 7.09. The predicted octanol–water partition coefficient (Wildman–Crippen LogP) is 4.03. The molecule has 0 radical (unpaired) electrons. The lowest BCUT2D eigenvalue weighted by atomic mass is 10.0. The highest BCUT2D eigenvalue weighted by atomic mass is 19.1. The molecule has 3 nitrogen and oxygen atoms in total. The third-order valence-electron chi connectivity index (χ3n) is 4.26. The van der Waals surface area contributed by atoms with E-state index in [0.29, 0.717) is 5.92 Å².